The van der Waals surface area contributed by atoms with Crippen LogP contribution in [0.1, 0.15) is 24.5 Å². The Bertz CT molecular complexity index is 953. The number of nitro groups is 1. The molecule has 0 aromatic heterocycles. The molecule has 0 fully saturated rings. The van der Waals surface area contributed by atoms with Gasteiger partial charge in [-0.15, -0.1) is 0 Å². The van der Waals surface area contributed by atoms with E-state index in [9.17, 15) is 18.5 Å². The van der Waals surface area contributed by atoms with Crippen LogP contribution >= 0.6 is 0 Å². The molecule has 0 saturated heterocycles. The third-order valence-electron chi connectivity index (χ3n) is 3.58. The van der Waals surface area contributed by atoms with Gasteiger partial charge in [0.25, 0.3) is 10.0 Å². The molecular weight excluding hydrogens is 372 g/mol. The lowest BCUT2D eigenvalue weighted by molar-refractivity contribution is -0.386. The summed E-state index contributed by atoms with van der Waals surface area (Å²) >= 11 is 0. The normalized spacial score (nSPS) is 11.5. The molecule has 0 aliphatic rings. The number of sulfonamides is 1. The van der Waals surface area contributed by atoms with Crippen molar-refractivity contribution in [3.63, 3.8) is 0 Å². The summed E-state index contributed by atoms with van der Waals surface area (Å²) in [4.78, 5) is 10.8. The number of rotatable bonds is 8. The van der Waals surface area contributed by atoms with Gasteiger partial charge in [-0.2, -0.15) is 12.8 Å². The minimum absolute atomic E-state index is 0.00268. The van der Waals surface area contributed by atoms with Crippen LogP contribution < -0.4 is 9.47 Å². The van der Waals surface area contributed by atoms with E-state index in [-0.39, 0.29) is 34.3 Å². The second-order valence-corrected chi connectivity index (χ2v) is 7.33. The average molecular weight is 392 g/mol. The fourth-order valence-electron chi connectivity index (χ4n) is 2.22. The van der Waals surface area contributed by atoms with Gasteiger partial charge >= 0.3 is 5.69 Å². The quantitative estimate of drug-likeness (QED) is 0.386. The molecule has 2 aromatic rings. The van der Waals surface area contributed by atoms with E-state index in [2.05, 4.69) is 4.40 Å². The first kappa shape index (κ1) is 20.4. The second kappa shape index (κ2) is 8.63. The van der Waals surface area contributed by atoms with Gasteiger partial charge in [0, 0.05) is 17.8 Å². The Morgan fingerprint density at radius 2 is 1.89 bits per heavy atom. The molecule has 0 aliphatic heterocycles. The molecule has 27 heavy (non-hydrogen) atoms. The minimum atomic E-state index is -3.92. The number of methoxy groups -OCH3 is 1. The molecule has 0 aliphatic carbocycles. The third kappa shape index (κ3) is 5.04. The van der Waals surface area contributed by atoms with Crippen molar-refractivity contribution in [2.45, 2.75) is 25.2 Å². The summed E-state index contributed by atoms with van der Waals surface area (Å²) in [6.07, 6.45) is 1.71. The van der Waals surface area contributed by atoms with Gasteiger partial charge in [-0.25, -0.2) is 0 Å². The number of hydrogen-bond donors (Lipinski definition) is 0. The molecule has 0 saturated carbocycles. The molecular formula is C18H20N2O6S. The number of benzene rings is 2. The van der Waals surface area contributed by atoms with Gasteiger partial charge in [-0.05, 0) is 31.5 Å². The molecule has 0 N–H and O–H groups in total. The van der Waals surface area contributed by atoms with E-state index >= 15 is 0 Å². The number of nitro benzene ring substituents is 1. The van der Waals surface area contributed by atoms with Crippen LogP contribution in [0, 0.1) is 17.0 Å². The van der Waals surface area contributed by atoms with Crippen LogP contribution in [0.15, 0.2) is 45.7 Å². The van der Waals surface area contributed by atoms with Crippen LogP contribution in [0.2, 0.25) is 0 Å². The van der Waals surface area contributed by atoms with E-state index in [1.54, 1.807) is 12.1 Å². The molecule has 2 aromatic carbocycles. The van der Waals surface area contributed by atoms with Crippen LogP contribution in [0.25, 0.3) is 0 Å². The lowest BCUT2D eigenvalue weighted by atomic mass is 10.2. The molecule has 144 valence electrons. The van der Waals surface area contributed by atoms with Crippen LogP contribution in [-0.2, 0) is 10.0 Å². The Balaban J connectivity index is 2.43. The predicted octanol–water partition coefficient (Wildman–Crippen LogP) is 3.51. The van der Waals surface area contributed by atoms with Crippen molar-refractivity contribution in [2.75, 3.05) is 13.7 Å². The zero-order chi connectivity index (χ0) is 20.0. The topological polar surface area (TPSA) is 108 Å². The first-order chi connectivity index (χ1) is 12.8. The van der Waals surface area contributed by atoms with E-state index < -0.39 is 14.9 Å². The maximum absolute atomic E-state index is 12.3. The third-order valence-corrected chi connectivity index (χ3v) is 4.83. The second-order valence-electron chi connectivity index (χ2n) is 5.70. The van der Waals surface area contributed by atoms with Crippen molar-refractivity contribution in [1.82, 2.24) is 0 Å². The Kier molecular flexibility index (Phi) is 6.51. The molecule has 0 unspecified atom stereocenters. The van der Waals surface area contributed by atoms with Crippen molar-refractivity contribution < 1.29 is 22.8 Å². The summed E-state index contributed by atoms with van der Waals surface area (Å²) in [5.41, 5.74) is 0.802. The molecule has 0 amide bonds. The van der Waals surface area contributed by atoms with Gasteiger partial charge < -0.3 is 9.47 Å². The van der Waals surface area contributed by atoms with Crippen molar-refractivity contribution >= 4 is 21.9 Å². The van der Waals surface area contributed by atoms with Crippen molar-refractivity contribution in [3.8, 4) is 11.5 Å². The van der Waals surface area contributed by atoms with E-state index in [0.717, 1.165) is 11.8 Å². The summed E-state index contributed by atoms with van der Waals surface area (Å²) in [6.45, 7) is 3.99. The number of aryl methyl sites for hydroxylation is 1. The fraction of sp³-hybridized carbons (Fsp3) is 0.278. The monoisotopic (exact) mass is 392 g/mol. The molecule has 0 atom stereocenters. The summed E-state index contributed by atoms with van der Waals surface area (Å²) in [5, 5.41) is 11.4. The Morgan fingerprint density at radius 1 is 1.22 bits per heavy atom. The van der Waals surface area contributed by atoms with Gasteiger partial charge in [0.2, 0.25) is 5.75 Å². The zero-order valence-electron chi connectivity index (χ0n) is 15.2. The highest BCUT2D eigenvalue weighted by Crippen LogP contribution is 2.38. The molecule has 0 spiro atoms. The zero-order valence-corrected chi connectivity index (χ0v) is 16.0. The lowest BCUT2D eigenvalue weighted by Gasteiger charge is -2.11. The van der Waals surface area contributed by atoms with Crippen LogP contribution in [0.3, 0.4) is 0 Å². The Labute approximate surface area is 157 Å². The minimum Gasteiger partial charge on any atom is -0.493 e. The van der Waals surface area contributed by atoms with Gasteiger partial charge in [-0.3, -0.25) is 10.1 Å². The van der Waals surface area contributed by atoms with E-state index in [1.807, 2.05) is 13.8 Å². The molecule has 2 rings (SSSR count). The predicted molar refractivity (Wildman–Crippen MR) is 101 cm³/mol. The molecule has 9 heteroatoms. The van der Waals surface area contributed by atoms with Gasteiger partial charge in [-0.1, -0.05) is 24.6 Å². The highest BCUT2D eigenvalue weighted by molar-refractivity contribution is 7.90. The summed E-state index contributed by atoms with van der Waals surface area (Å²) in [6, 6.07) is 8.86. The highest BCUT2D eigenvalue weighted by atomic mass is 32.2. The van der Waals surface area contributed by atoms with Crippen molar-refractivity contribution in [2.24, 2.45) is 4.40 Å². The fourth-order valence-corrected chi connectivity index (χ4v) is 3.08. The molecule has 0 heterocycles. The highest BCUT2D eigenvalue weighted by Gasteiger charge is 2.22. The largest absolute Gasteiger partial charge is 0.493 e. The van der Waals surface area contributed by atoms with Crippen molar-refractivity contribution in [3.05, 3.63) is 57.6 Å². The van der Waals surface area contributed by atoms with Crippen LogP contribution in [-0.4, -0.2) is 33.3 Å². The Hall–Kier alpha value is -2.94. The van der Waals surface area contributed by atoms with E-state index in [1.165, 1.54) is 31.4 Å². The Morgan fingerprint density at radius 3 is 2.44 bits per heavy atom. The van der Waals surface area contributed by atoms with E-state index in [0.29, 0.717) is 6.42 Å². The smallest absolute Gasteiger partial charge is 0.315 e. The first-order valence-corrected chi connectivity index (χ1v) is 9.58. The van der Waals surface area contributed by atoms with Gasteiger partial charge in [0.1, 0.15) is 0 Å². The average Bonchev–Trinajstić information content (AvgIpc) is 2.64. The summed E-state index contributed by atoms with van der Waals surface area (Å²) in [5.74, 6) is 0.134. The van der Waals surface area contributed by atoms with Gasteiger partial charge in [0.15, 0.2) is 5.75 Å². The van der Waals surface area contributed by atoms with Gasteiger partial charge in [0.05, 0.1) is 23.5 Å². The maximum Gasteiger partial charge on any atom is 0.315 e. The molecule has 0 bridgehead atoms. The first-order valence-electron chi connectivity index (χ1n) is 8.14. The summed E-state index contributed by atoms with van der Waals surface area (Å²) in [7, 11) is -2.58. The van der Waals surface area contributed by atoms with E-state index in [4.69, 9.17) is 9.47 Å². The standard InChI is InChI=1S/C18H20N2O6S/c1-4-9-26-18-16(20(21)22)10-14(11-17(18)25-3)12-19-27(23,24)15-7-5-13(2)6-8-15/h5-8,10-12H,4,9H2,1-3H3/b19-12-. The maximum atomic E-state index is 12.3. The number of ether oxygens (including phenoxy) is 2. The van der Waals surface area contributed by atoms with Crippen LogP contribution in [0.4, 0.5) is 5.69 Å². The summed E-state index contributed by atoms with van der Waals surface area (Å²) < 4.78 is 38.8. The molecule has 8 nitrogen and oxygen atoms in total. The number of hydrogen-bond acceptors (Lipinski definition) is 6. The van der Waals surface area contributed by atoms with Crippen LogP contribution in [0.5, 0.6) is 11.5 Å². The lowest BCUT2D eigenvalue weighted by Crippen LogP contribution is -2.03. The number of nitrogens with zero attached hydrogens (tertiary/aromatic N) is 2. The SMILES string of the molecule is CCCOc1c(OC)cc(/C=N\S(=O)(=O)c2ccc(C)cc2)cc1[N+](=O)[O-]. The molecule has 0 radical (unpaired) electrons. The van der Waals surface area contributed by atoms with Crippen molar-refractivity contribution in [1.29, 1.82) is 0 Å².